The van der Waals surface area contributed by atoms with Crippen molar-refractivity contribution in [2.45, 2.75) is 6.61 Å². The van der Waals surface area contributed by atoms with Crippen molar-refractivity contribution >= 4 is 39.1 Å². The molecule has 0 aliphatic carbocycles. The summed E-state index contributed by atoms with van der Waals surface area (Å²) in [5, 5.41) is 0.737. The summed E-state index contributed by atoms with van der Waals surface area (Å²) >= 11 is 14.6. The van der Waals surface area contributed by atoms with Gasteiger partial charge in [-0.2, -0.15) is 0 Å². The van der Waals surface area contributed by atoms with Crippen molar-refractivity contribution in [1.29, 1.82) is 0 Å². The lowest BCUT2D eigenvalue weighted by Crippen LogP contribution is -2.03. The van der Waals surface area contributed by atoms with Gasteiger partial charge in [-0.15, -0.1) is 0 Å². The SMILES string of the molecule is Fc1ccc(Br)c(F)c1COc1ccc(Cl)cc1Cl. The third-order valence-electron chi connectivity index (χ3n) is 2.40. The highest BCUT2D eigenvalue weighted by atomic mass is 79.9. The van der Waals surface area contributed by atoms with E-state index in [0.29, 0.717) is 10.8 Å². The first-order valence-electron chi connectivity index (χ1n) is 5.19. The van der Waals surface area contributed by atoms with Gasteiger partial charge in [0.1, 0.15) is 24.0 Å². The largest absolute Gasteiger partial charge is 0.487 e. The van der Waals surface area contributed by atoms with E-state index in [-0.39, 0.29) is 21.7 Å². The normalized spacial score (nSPS) is 10.6. The van der Waals surface area contributed by atoms with Crippen LogP contribution in [-0.2, 0) is 6.61 Å². The maximum Gasteiger partial charge on any atom is 0.146 e. The Morgan fingerprint density at radius 1 is 1.11 bits per heavy atom. The van der Waals surface area contributed by atoms with E-state index in [1.165, 1.54) is 12.1 Å². The summed E-state index contributed by atoms with van der Waals surface area (Å²) in [7, 11) is 0. The van der Waals surface area contributed by atoms with Crippen LogP contribution in [0.25, 0.3) is 0 Å². The minimum Gasteiger partial charge on any atom is -0.487 e. The Morgan fingerprint density at radius 2 is 1.84 bits per heavy atom. The molecule has 2 aromatic rings. The molecule has 0 heterocycles. The number of rotatable bonds is 3. The van der Waals surface area contributed by atoms with Crippen LogP contribution in [0, 0.1) is 11.6 Å². The summed E-state index contributed by atoms with van der Waals surface area (Å²) in [6.07, 6.45) is 0. The van der Waals surface area contributed by atoms with E-state index in [9.17, 15) is 8.78 Å². The second-order valence-corrected chi connectivity index (χ2v) is 5.38. The Hall–Kier alpha value is -0.840. The monoisotopic (exact) mass is 366 g/mol. The summed E-state index contributed by atoms with van der Waals surface area (Å²) in [6, 6.07) is 7.07. The number of hydrogen-bond acceptors (Lipinski definition) is 1. The average molecular weight is 368 g/mol. The van der Waals surface area contributed by atoms with Crippen molar-refractivity contribution in [1.82, 2.24) is 0 Å². The van der Waals surface area contributed by atoms with Gasteiger partial charge in [0.05, 0.1) is 15.1 Å². The Bertz CT molecular complexity index is 620. The van der Waals surface area contributed by atoms with Gasteiger partial charge in [-0.05, 0) is 46.3 Å². The van der Waals surface area contributed by atoms with Crippen molar-refractivity contribution < 1.29 is 13.5 Å². The molecule has 0 atom stereocenters. The number of ether oxygens (including phenoxy) is 1. The lowest BCUT2D eigenvalue weighted by atomic mass is 10.2. The number of halogens is 5. The molecule has 0 amide bonds. The molecule has 0 spiro atoms. The van der Waals surface area contributed by atoms with Crippen molar-refractivity contribution in [2.24, 2.45) is 0 Å². The van der Waals surface area contributed by atoms with Gasteiger partial charge in [-0.25, -0.2) is 8.78 Å². The van der Waals surface area contributed by atoms with Gasteiger partial charge in [-0.1, -0.05) is 23.2 Å². The standard InChI is InChI=1S/C13H7BrCl2F2O/c14-9-2-3-11(17)8(13(9)18)6-19-12-4-1-7(15)5-10(12)16/h1-5H,6H2. The van der Waals surface area contributed by atoms with Crippen molar-refractivity contribution in [3.8, 4) is 5.75 Å². The zero-order valence-electron chi connectivity index (χ0n) is 9.39. The van der Waals surface area contributed by atoms with Crippen LogP contribution in [0.1, 0.15) is 5.56 Å². The fourth-order valence-corrected chi connectivity index (χ4v) is 2.28. The van der Waals surface area contributed by atoms with E-state index in [1.54, 1.807) is 12.1 Å². The van der Waals surface area contributed by atoms with Crippen molar-refractivity contribution in [3.05, 3.63) is 62.0 Å². The Morgan fingerprint density at radius 3 is 2.53 bits per heavy atom. The highest BCUT2D eigenvalue weighted by molar-refractivity contribution is 9.10. The zero-order chi connectivity index (χ0) is 14.0. The minimum atomic E-state index is -0.690. The Labute approximate surface area is 127 Å². The van der Waals surface area contributed by atoms with E-state index in [2.05, 4.69) is 15.9 Å². The molecule has 2 aromatic carbocycles. The van der Waals surface area contributed by atoms with Crippen LogP contribution < -0.4 is 4.74 Å². The summed E-state index contributed by atoms with van der Waals surface area (Å²) in [5.74, 6) is -1.05. The van der Waals surface area contributed by atoms with Gasteiger partial charge < -0.3 is 4.74 Å². The van der Waals surface area contributed by atoms with Crippen molar-refractivity contribution in [3.63, 3.8) is 0 Å². The molecule has 6 heteroatoms. The lowest BCUT2D eigenvalue weighted by Gasteiger charge is -2.10. The van der Waals surface area contributed by atoms with Gasteiger partial charge in [0.15, 0.2) is 0 Å². The highest BCUT2D eigenvalue weighted by Crippen LogP contribution is 2.29. The maximum atomic E-state index is 13.7. The van der Waals surface area contributed by atoms with Gasteiger partial charge in [0.25, 0.3) is 0 Å². The molecular weight excluding hydrogens is 361 g/mol. The van der Waals surface area contributed by atoms with E-state index < -0.39 is 11.6 Å². The van der Waals surface area contributed by atoms with Crippen LogP contribution in [0.5, 0.6) is 5.75 Å². The lowest BCUT2D eigenvalue weighted by molar-refractivity contribution is 0.292. The molecular formula is C13H7BrCl2F2O. The number of benzene rings is 2. The molecule has 0 aromatic heterocycles. The van der Waals surface area contributed by atoms with E-state index in [0.717, 1.165) is 6.07 Å². The molecule has 0 radical (unpaired) electrons. The minimum absolute atomic E-state index is 0.166. The average Bonchev–Trinajstić information content (AvgIpc) is 2.36. The molecule has 0 saturated carbocycles. The predicted molar refractivity (Wildman–Crippen MR) is 74.9 cm³/mol. The van der Waals surface area contributed by atoms with Gasteiger partial charge >= 0.3 is 0 Å². The molecule has 0 saturated heterocycles. The fourth-order valence-electron chi connectivity index (χ4n) is 1.44. The zero-order valence-corrected chi connectivity index (χ0v) is 12.5. The smallest absolute Gasteiger partial charge is 0.146 e. The topological polar surface area (TPSA) is 9.23 Å². The Kier molecular flexibility index (Phi) is 4.66. The van der Waals surface area contributed by atoms with E-state index >= 15 is 0 Å². The van der Waals surface area contributed by atoms with Crippen LogP contribution >= 0.6 is 39.1 Å². The molecule has 0 aliphatic heterocycles. The molecule has 2 rings (SSSR count). The highest BCUT2D eigenvalue weighted by Gasteiger charge is 2.13. The van der Waals surface area contributed by atoms with Crippen LogP contribution in [0.15, 0.2) is 34.8 Å². The fraction of sp³-hybridized carbons (Fsp3) is 0.0769. The van der Waals surface area contributed by atoms with Crippen LogP contribution in [-0.4, -0.2) is 0 Å². The second kappa shape index (κ2) is 6.07. The predicted octanol–water partition coefficient (Wildman–Crippen LogP) is 5.61. The molecule has 0 aliphatic rings. The van der Waals surface area contributed by atoms with E-state index in [4.69, 9.17) is 27.9 Å². The summed E-state index contributed by atoms with van der Waals surface area (Å²) in [6.45, 7) is -0.265. The molecule has 19 heavy (non-hydrogen) atoms. The van der Waals surface area contributed by atoms with Crippen LogP contribution in [0.3, 0.4) is 0 Å². The first kappa shape index (κ1) is 14.6. The summed E-state index contributed by atoms with van der Waals surface area (Å²) in [4.78, 5) is 0. The molecule has 0 bridgehead atoms. The van der Waals surface area contributed by atoms with Gasteiger partial charge in [0.2, 0.25) is 0 Å². The molecule has 0 fully saturated rings. The third kappa shape index (κ3) is 3.38. The van der Waals surface area contributed by atoms with Gasteiger partial charge in [-0.3, -0.25) is 0 Å². The molecule has 100 valence electrons. The van der Waals surface area contributed by atoms with Crippen LogP contribution in [0.2, 0.25) is 10.0 Å². The second-order valence-electron chi connectivity index (χ2n) is 3.69. The molecule has 0 N–H and O–H groups in total. The van der Waals surface area contributed by atoms with E-state index in [1.807, 2.05) is 0 Å². The molecule has 0 unspecified atom stereocenters. The maximum absolute atomic E-state index is 13.7. The number of hydrogen-bond donors (Lipinski definition) is 0. The summed E-state index contributed by atoms with van der Waals surface area (Å²) in [5.41, 5.74) is -0.166. The van der Waals surface area contributed by atoms with Crippen LogP contribution in [0.4, 0.5) is 8.78 Å². The first-order valence-corrected chi connectivity index (χ1v) is 6.74. The molecule has 1 nitrogen and oxygen atoms in total. The first-order chi connectivity index (χ1) is 8.99. The van der Waals surface area contributed by atoms with Crippen molar-refractivity contribution in [2.75, 3.05) is 0 Å². The summed E-state index contributed by atoms with van der Waals surface area (Å²) < 4.78 is 32.7. The third-order valence-corrected chi connectivity index (χ3v) is 3.55. The Balaban J connectivity index is 2.21. The van der Waals surface area contributed by atoms with Gasteiger partial charge in [0, 0.05) is 5.02 Å². The quantitative estimate of drug-likeness (QED) is 0.640.